The van der Waals surface area contributed by atoms with Crippen molar-refractivity contribution in [1.82, 2.24) is 0 Å². The van der Waals surface area contributed by atoms with E-state index in [1.54, 1.807) is 24.3 Å². The maximum Gasteiger partial charge on any atom is 0.258 e. The van der Waals surface area contributed by atoms with E-state index in [-0.39, 0.29) is 18.7 Å². The molecule has 3 nitrogen and oxygen atoms in total. The number of benzene rings is 2. The first kappa shape index (κ1) is 13.5. The van der Waals surface area contributed by atoms with Crippen LogP contribution < -0.4 is 9.64 Å². The van der Waals surface area contributed by atoms with Gasteiger partial charge in [-0.15, -0.1) is 0 Å². The van der Waals surface area contributed by atoms with Crippen molar-refractivity contribution in [1.29, 1.82) is 0 Å². The number of fused-ring (bicyclic) bond motifs is 1. The zero-order chi connectivity index (χ0) is 15.0. The second kappa shape index (κ2) is 5.12. The number of carbonyl (C=O) groups is 1. The lowest BCUT2D eigenvalue weighted by molar-refractivity contribution is 0.0975. The molecule has 0 unspecified atom stereocenters. The smallest absolute Gasteiger partial charge is 0.258 e. The van der Waals surface area contributed by atoms with Gasteiger partial charge >= 0.3 is 0 Å². The van der Waals surface area contributed by atoms with E-state index in [2.05, 4.69) is 0 Å². The molecule has 1 aliphatic rings. The minimum Gasteiger partial charge on any atom is -0.490 e. The highest BCUT2D eigenvalue weighted by molar-refractivity contribution is 6.07. The van der Waals surface area contributed by atoms with Crippen molar-refractivity contribution in [3.63, 3.8) is 0 Å². The molecule has 2 aromatic rings. The fourth-order valence-corrected chi connectivity index (χ4v) is 2.22. The minimum absolute atomic E-state index is 0.246. The summed E-state index contributed by atoms with van der Waals surface area (Å²) in [7, 11) is 0. The van der Waals surface area contributed by atoms with Gasteiger partial charge in [0.2, 0.25) is 0 Å². The summed E-state index contributed by atoms with van der Waals surface area (Å²) < 4.78 is 44.9. The fourth-order valence-electron chi connectivity index (χ4n) is 2.22. The monoisotopic (exact) mass is 293 g/mol. The number of amides is 1. The van der Waals surface area contributed by atoms with Crippen molar-refractivity contribution in [3.8, 4) is 5.75 Å². The maximum atomic E-state index is 13.3. The number of rotatable bonds is 1. The molecule has 0 bridgehead atoms. The lowest BCUT2D eigenvalue weighted by Gasteiger charge is -2.29. The molecule has 0 saturated carbocycles. The van der Waals surface area contributed by atoms with Crippen molar-refractivity contribution in [3.05, 3.63) is 59.4 Å². The van der Waals surface area contributed by atoms with Gasteiger partial charge in [-0.2, -0.15) is 0 Å². The Morgan fingerprint density at radius 2 is 1.76 bits per heavy atom. The van der Waals surface area contributed by atoms with Crippen molar-refractivity contribution in [2.24, 2.45) is 0 Å². The molecule has 108 valence electrons. The van der Waals surface area contributed by atoms with Crippen LogP contribution >= 0.6 is 0 Å². The summed E-state index contributed by atoms with van der Waals surface area (Å²) in [5.41, 5.74) is 0.266. The summed E-state index contributed by atoms with van der Waals surface area (Å²) in [4.78, 5) is 13.7. The van der Waals surface area contributed by atoms with Gasteiger partial charge in [0, 0.05) is 5.56 Å². The van der Waals surface area contributed by atoms with E-state index < -0.39 is 23.4 Å². The molecule has 1 heterocycles. The summed E-state index contributed by atoms with van der Waals surface area (Å²) in [5, 5.41) is 0. The van der Waals surface area contributed by atoms with Gasteiger partial charge in [0.05, 0.1) is 12.2 Å². The third-order valence-electron chi connectivity index (χ3n) is 3.20. The highest BCUT2D eigenvalue weighted by atomic mass is 19.2. The van der Waals surface area contributed by atoms with Crippen LogP contribution in [0.5, 0.6) is 5.75 Å². The van der Waals surface area contributed by atoms with E-state index in [1.807, 2.05) is 0 Å². The minimum atomic E-state index is -1.59. The third-order valence-corrected chi connectivity index (χ3v) is 3.20. The number of hydrogen-bond donors (Lipinski definition) is 0. The Balaban J connectivity index is 2.00. The van der Waals surface area contributed by atoms with Gasteiger partial charge in [-0.1, -0.05) is 12.1 Å². The maximum absolute atomic E-state index is 13.3. The number of carbonyl (C=O) groups excluding carboxylic acids is 1. The van der Waals surface area contributed by atoms with Crippen molar-refractivity contribution in [2.75, 3.05) is 18.1 Å². The molecular weight excluding hydrogens is 283 g/mol. The van der Waals surface area contributed by atoms with Crippen LogP contribution in [0.25, 0.3) is 0 Å². The number of para-hydroxylation sites is 2. The highest BCUT2D eigenvalue weighted by Gasteiger charge is 2.26. The Kier molecular flexibility index (Phi) is 3.29. The molecule has 0 radical (unpaired) electrons. The number of nitrogens with zero attached hydrogens (tertiary/aromatic N) is 1. The summed E-state index contributed by atoms with van der Waals surface area (Å²) in [6.45, 7) is 0.519. The first-order valence-corrected chi connectivity index (χ1v) is 6.26. The molecule has 0 fully saturated rings. The lowest BCUT2D eigenvalue weighted by Crippen LogP contribution is -2.38. The molecule has 0 aromatic heterocycles. The normalized spacial score (nSPS) is 13.6. The van der Waals surface area contributed by atoms with E-state index in [1.165, 1.54) is 4.90 Å². The van der Waals surface area contributed by atoms with Gasteiger partial charge in [0.25, 0.3) is 5.91 Å². The summed E-state index contributed by atoms with van der Waals surface area (Å²) in [5.74, 6) is -4.46. The van der Waals surface area contributed by atoms with Gasteiger partial charge in [-0.05, 0) is 24.3 Å². The Bertz CT molecular complexity index is 695. The van der Waals surface area contributed by atoms with E-state index in [0.29, 0.717) is 23.6 Å². The molecule has 1 amide bonds. The van der Waals surface area contributed by atoms with Crippen LogP contribution in [-0.4, -0.2) is 19.1 Å². The standard InChI is InChI=1S/C15H10F3NO2/c16-10-7-9(8-11(17)14(10)18)15(20)19-5-6-21-13-4-2-1-3-12(13)19/h1-4,7-8H,5-6H2. The second-order valence-corrected chi connectivity index (χ2v) is 4.53. The largest absolute Gasteiger partial charge is 0.490 e. The Morgan fingerprint density at radius 3 is 2.48 bits per heavy atom. The van der Waals surface area contributed by atoms with E-state index in [0.717, 1.165) is 0 Å². The SMILES string of the molecule is O=C(c1cc(F)c(F)c(F)c1)N1CCOc2ccccc21. The molecule has 1 aliphatic heterocycles. The van der Waals surface area contributed by atoms with Gasteiger partial charge in [-0.25, -0.2) is 13.2 Å². The van der Waals surface area contributed by atoms with Gasteiger partial charge < -0.3 is 9.64 Å². The quantitative estimate of drug-likeness (QED) is 0.756. The molecule has 0 N–H and O–H groups in total. The van der Waals surface area contributed by atoms with Crippen LogP contribution in [0.15, 0.2) is 36.4 Å². The Hall–Kier alpha value is -2.50. The van der Waals surface area contributed by atoms with Crippen LogP contribution in [0.2, 0.25) is 0 Å². The molecule has 2 aromatic carbocycles. The first-order valence-electron chi connectivity index (χ1n) is 6.26. The van der Waals surface area contributed by atoms with Crippen molar-refractivity contribution >= 4 is 11.6 Å². The van der Waals surface area contributed by atoms with Gasteiger partial charge in [0.15, 0.2) is 17.5 Å². The van der Waals surface area contributed by atoms with E-state index in [9.17, 15) is 18.0 Å². The molecular formula is C15H10F3NO2. The van der Waals surface area contributed by atoms with Crippen LogP contribution in [0, 0.1) is 17.5 Å². The fraction of sp³-hybridized carbons (Fsp3) is 0.133. The molecule has 3 rings (SSSR count). The van der Waals surface area contributed by atoms with Gasteiger partial charge in [-0.3, -0.25) is 4.79 Å². The van der Waals surface area contributed by atoms with Gasteiger partial charge in [0.1, 0.15) is 12.4 Å². The predicted molar refractivity (Wildman–Crippen MR) is 69.9 cm³/mol. The number of halogens is 3. The Labute approximate surface area is 118 Å². The van der Waals surface area contributed by atoms with Crippen LogP contribution in [0.4, 0.5) is 18.9 Å². The number of ether oxygens (including phenoxy) is 1. The first-order chi connectivity index (χ1) is 10.1. The average molecular weight is 293 g/mol. The molecule has 0 spiro atoms. The lowest BCUT2D eigenvalue weighted by atomic mass is 10.1. The molecule has 0 aliphatic carbocycles. The average Bonchev–Trinajstić information content (AvgIpc) is 2.51. The zero-order valence-corrected chi connectivity index (χ0v) is 10.8. The van der Waals surface area contributed by atoms with E-state index in [4.69, 9.17) is 4.74 Å². The Morgan fingerprint density at radius 1 is 1.10 bits per heavy atom. The second-order valence-electron chi connectivity index (χ2n) is 4.53. The topological polar surface area (TPSA) is 29.5 Å². The summed E-state index contributed by atoms with van der Waals surface area (Å²) in [6, 6.07) is 8.23. The number of anilines is 1. The van der Waals surface area contributed by atoms with E-state index >= 15 is 0 Å². The predicted octanol–water partition coefficient (Wildman–Crippen LogP) is 3.14. The molecule has 0 saturated heterocycles. The van der Waals surface area contributed by atoms with Crippen molar-refractivity contribution < 1.29 is 22.7 Å². The molecule has 6 heteroatoms. The van der Waals surface area contributed by atoms with Crippen molar-refractivity contribution in [2.45, 2.75) is 0 Å². The summed E-state index contributed by atoms with van der Waals surface area (Å²) in [6.07, 6.45) is 0. The number of hydrogen-bond acceptors (Lipinski definition) is 2. The zero-order valence-electron chi connectivity index (χ0n) is 10.8. The third kappa shape index (κ3) is 2.33. The summed E-state index contributed by atoms with van der Waals surface area (Å²) >= 11 is 0. The molecule has 0 atom stereocenters. The van der Waals surface area contributed by atoms with Crippen LogP contribution in [-0.2, 0) is 0 Å². The van der Waals surface area contributed by atoms with Crippen LogP contribution in [0.3, 0.4) is 0 Å². The highest BCUT2D eigenvalue weighted by Crippen LogP contribution is 2.32. The molecule has 21 heavy (non-hydrogen) atoms. The van der Waals surface area contributed by atoms with Crippen LogP contribution in [0.1, 0.15) is 10.4 Å².